The zero-order valence-corrected chi connectivity index (χ0v) is 18.7. The van der Waals surface area contributed by atoms with Crippen LogP contribution in [0.1, 0.15) is 54.6 Å². The molecule has 1 aliphatic carbocycles. The number of hydrogen-bond acceptors (Lipinski definition) is 5. The molecule has 1 aromatic rings. The van der Waals surface area contributed by atoms with E-state index in [0.717, 1.165) is 64.0 Å². The number of aryl methyl sites for hydroxylation is 2. The summed E-state index contributed by atoms with van der Waals surface area (Å²) >= 11 is 1.80. The van der Waals surface area contributed by atoms with Gasteiger partial charge in [0.05, 0.1) is 30.5 Å². The van der Waals surface area contributed by atoms with Gasteiger partial charge in [0.15, 0.2) is 5.96 Å². The number of rotatable bonds is 7. The Kier molecular flexibility index (Phi) is 8.11. The second kappa shape index (κ2) is 10.6. The van der Waals surface area contributed by atoms with Crippen LogP contribution >= 0.6 is 11.3 Å². The van der Waals surface area contributed by atoms with Crippen molar-refractivity contribution in [3.63, 3.8) is 0 Å². The third kappa shape index (κ3) is 5.67. The van der Waals surface area contributed by atoms with E-state index < -0.39 is 0 Å². The maximum absolute atomic E-state index is 5.60. The van der Waals surface area contributed by atoms with E-state index in [1.54, 1.807) is 11.3 Å². The number of morpholine rings is 1. The van der Waals surface area contributed by atoms with Gasteiger partial charge in [-0.2, -0.15) is 0 Å². The fraction of sp³-hybridized carbons (Fsp3) is 0.810. The summed E-state index contributed by atoms with van der Waals surface area (Å²) in [5, 5.41) is 8.15. The molecule has 0 aromatic carbocycles. The zero-order chi connectivity index (χ0) is 19.8. The molecular weight excluding hydrogens is 370 g/mol. The highest BCUT2D eigenvalue weighted by molar-refractivity contribution is 7.11. The van der Waals surface area contributed by atoms with Crippen LogP contribution in [0, 0.1) is 13.8 Å². The topological polar surface area (TPSA) is 61.8 Å². The van der Waals surface area contributed by atoms with Gasteiger partial charge in [-0.3, -0.25) is 9.89 Å². The van der Waals surface area contributed by atoms with Crippen molar-refractivity contribution in [3.05, 3.63) is 15.6 Å². The lowest BCUT2D eigenvalue weighted by atomic mass is 9.80. The Balaban J connectivity index is 1.60. The average molecular weight is 408 g/mol. The molecular formula is C21H37N5OS. The van der Waals surface area contributed by atoms with Gasteiger partial charge in [-0.1, -0.05) is 19.3 Å². The van der Waals surface area contributed by atoms with Gasteiger partial charge in [0.2, 0.25) is 0 Å². The quantitative estimate of drug-likeness (QED) is 0.538. The predicted octanol–water partition coefficient (Wildman–Crippen LogP) is 2.89. The highest BCUT2D eigenvalue weighted by Crippen LogP contribution is 2.34. The van der Waals surface area contributed by atoms with Crippen molar-refractivity contribution >= 4 is 17.3 Å². The lowest BCUT2D eigenvalue weighted by Crippen LogP contribution is -2.56. The summed E-state index contributed by atoms with van der Waals surface area (Å²) in [7, 11) is 0. The molecule has 28 heavy (non-hydrogen) atoms. The van der Waals surface area contributed by atoms with Crippen LogP contribution in [0.5, 0.6) is 0 Å². The van der Waals surface area contributed by atoms with E-state index in [-0.39, 0.29) is 5.54 Å². The normalized spacial score (nSPS) is 20.9. The van der Waals surface area contributed by atoms with Crippen molar-refractivity contribution in [2.24, 2.45) is 4.99 Å². The van der Waals surface area contributed by atoms with E-state index in [4.69, 9.17) is 9.73 Å². The van der Waals surface area contributed by atoms with E-state index in [9.17, 15) is 0 Å². The number of aromatic nitrogens is 1. The first-order valence-corrected chi connectivity index (χ1v) is 11.7. The molecule has 1 aliphatic heterocycles. The largest absolute Gasteiger partial charge is 0.379 e. The molecule has 0 atom stereocenters. The molecule has 0 spiro atoms. The number of guanidine groups is 1. The number of thiazole rings is 1. The number of ether oxygens (including phenoxy) is 1. The molecule has 0 amide bonds. The molecule has 2 N–H and O–H groups in total. The van der Waals surface area contributed by atoms with E-state index >= 15 is 0 Å². The third-order valence-electron chi connectivity index (χ3n) is 6.05. The van der Waals surface area contributed by atoms with Gasteiger partial charge in [-0.25, -0.2) is 4.98 Å². The minimum absolute atomic E-state index is 0.216. The molecule has 2 fully saturated rings. The van der Waals surface area contributed by atoms with Gasteiger partial charge in [-0.05, 0) is 33.6 Å². The molecule has 0 radical (unpaired) electrons. The summed E-state index contributed by atoms with van der Waals surface area (Å²) in [5.41, 5.74) is 1.37. The van der Waals surface area contributed by atoms with Gasteiger partial charge in [-0.15, -0.1) is 11.3 Å². The molecule has 7 heteroatoms. The predicted molar refractivity (Wildman–Crippen MR) is 117 cm³/mol. The van der Waals surface area contributed by atoms with Crippen LogP contribution in [0.25, 0.3) is 0 Å². The summed E-state index contributed by atoms with van der Waals surface area (Å²) in [6.45, 7) is 12.8. The van der Waals surface area contributed by atoms with E-state index in [1.807, 2.05) is 0 Å². The van der Waals surface area contributed by atoms with Crippen molar-refractivity contribution in [3.8, 4) is 0 Å². The maximum atomic E-state index is 5.60. The Morgan fingerprint density at radius 2 is 1.93 bits per heavy atom. The zero-order valence-electron chi connectivity index (χ0n) is 17.9. The lowest BCUT2D eigenvalue weighted by Gasteiger charge is -2.47. The second-order valence-electron chi connectivity index (χ2n) is 8.01. The van der Waals surface area contributed by atoms with Crippen molar-refractivity contribution in [2.75, 3.05) is 45.9 Å². The van der Waals surface area contributed by atoms with Crippen LogP contribution in [0.4, 0.5) is 0 Å². The fourth-order valence-corrected chi connectivity index (χ4v) is 5.26. The van der Waals surface area contributed by atoms with Gasteiger partial charge in [0, 0.05) is 43.0 Å². The SMILES string of the molecule is CCNC(=NCC1(N2CCOCC2)CCCCC1)NCCc1nc(C)c(C)s1. The number of aliphatic imine (C=N–C) groups is 1. The molecule has 0 bridgehead atoms. The van der Waals surface area contributed by atoms with Crippen LogP contribution < -0.4 is 10.6 Å². The summed E-state index contributed by atoms with van der Waals surface area (Å²) in [4.78, 5) is 13.7. The highest BCUT2D eigenvalue weighted by atomic mass is 32.1. The number of nitrogens with zero attached hydrogens (tertiary/aromatic N) is 3. The molecule has 1 aromatic heterocycles. The van der Waals surface area contributed by atoms with Gasteiger partial charge >= 0.3 is 0 Å². The van der Waals surface area contributed by atoms with Crippen molar-refractivity contribution in [1.29, 1.82) is 0 Å². The van der Waals surface area contributed by atoms with E-state index in [1.165, 1.54) is 42.0 Å². The summed E-state index contributed by atoms with van der Waals surface area (Å²) in [5.74, 6) is 0.936. The van der Waals surface area contributed by atoms with Crippen LogP contribution in [-0.2, 0) is 11.2 Å². The summed E-state index contributed by atoms with van der Waals surface area (Å²) in [6, 6.07) is 0. The van der Waals surface area contributed by atoms with Crippen LogP contribution in [-0.4, -0.2) is 67.3 Å². The minimum atomic E-state index is 0.216. The Labute approximate surface area is 174 Å². The smallest absolute Gasteiger partial charge is 0.191 e. The Bertz CT molecular complexity index is 613. The molecule has 0 unspecified atom stereocenters. The van der Waals surface area contributed by atoms with E-state index in [0.29, 0.717) is 0 Å². The molecule has 2 heterocycles. The van der Waals surface area contributed by atoms with Crippen LogP contribution in [0.3, 0.4) is 0 Å². The first kappa shape index (κ1) is 21.5. The van der Waals surface area contributed by atoms with Gasteiger partial charge in [0.25, 0.3) is 0 Å². The summed E-state index contributed by atoms with van der Waals surface area (Å²) in [6.07, 6.45) is 7.46. The van der Waals surface area contributed by atoms with Crippen LogP contribution in [0.15, 0.2) is 4.99 Å². The number of nitrogens with one attached hydrogen (secondary N) is 2. The highest BCUT2D eigenvalue weighted by Gasteiger charge is 2.38. The van der Waals surface area contributed by atoms with Gasteiger partial charge in [0.1, 0.15) is 0 Å². The first-order chi connectivity index (χ1) is 13.6. The number of hydrogen-bond donors (Lipinski definition) is 2. The second-order valence-corrected chi connectivity index (χ2v) is 9.29. The Morgan fingerprint density at radius 3 is 2.57 bits per heavy atom. The van der Waals surface area contributed by atoms with Crippen LogP contribution in [0.2, 0.25) is 0 Å². The maximum Gasteiger partial charge on any atom is 0.191 e. The summed E-state index contributed by atoms with van der Waals surface area (Å²) < 4.78 is 5.60. The monoisotopic (exact) mass is 407 g/mol. The Hall–Kier alpha value is -1.18. The third-order valence-corrected chi connectivity index (χ3v) is 7.18. The fourth-order valence-electron chi connectivity index (χ4n) is 4.32. The standard InChI is InChI=1S/C21H37N5OS/c1-4-22-20(23-11-8-19-25-17(2)18(3)28-19)24-16-21(9-6-5-7-10-21)26-12-14-27-15-13-26/h4-16H2,1-3H3,(H2,22,23,24). The first-order valence-electron chi connectivity index (χ1n) is 10.9. The van der Waals surface area contributed by atoms with E-state index in [2.05, 4.69) is 41.3 Å². The van der Waals surface area contributed by atoms with Crippen molar-refractivity contribution in [2.45, 2.75) is 64.8 Å². The van der Waals surface area contributed by atoms with Crippen molar-refractivity contribution in [1.82, 2.24) is 20.5 Å². The molecule has 158 valence electrons. The Morgan fingerprint density at radius 1 is 1.18 bits per heavy atom. The molecule has 1 saturated carbocycles. The average Bonchev–Trinajstić information content (AvgIpc) is 3.05. The molecule has 2 aliphatic rings. The lowest BCUT2D eigenvalue weighted by molar-refractivity contribution is -0.0333. The molecule has 1 saturated heterocycles. The van der Waals surface area contributed by atoms with Gasteiger partial charge < -0.3 is 15.4 Å². The molecule has 3 rings (SSSR count). The minimum Gasteiger partial charge on any atom is -0.379 e. The van der Waals surface area contributed by atoms with Crippen molar-refractivity contribution < 1.29 is 4.74 Å². The molecule has 6 nitrogen and oxygen atoms in total.